The number of hydrazone groups is 4. The van der Waals surface area contributed by atoms with E-state index in [2.05, 4.69) is 72.1 Å². The van der Waals surface area contributed by atoms with Gasteiger partial charge in [-0.15, -0.1) is 55.5 Å². The summed E-state index contributed by atoms with van der Waals surface area (Å²) in [7, 11) is -14.4. The number of anilines is 9. The van der Waals surface area contributed by atoms with Gasteiger partial charge in [0.05, 0.1) is 95.8 Å². The van der Waals surface area contributed by atoms with Gasteiger partial charge in [-0.2, -0.15) is 35.4 Å². The summed E-state index contributed by atoms with van der Waals surface area (Å²) in [6.45, 7) is 0. The highest BCUT2D eigenvalue weighted by Gasteiger charge is 2.33. The Balaban J connectivity index is 0.000000144. The van der Waals surface area contributed by atoms with E-state index < -0.39 is 64.2 Å². The van der Waals surface area contributed by atoms with Crippen LogP contribution in [0.25, 0.3) is 0 Å². The minimum absolute atomic E-state index is 0.0143. The number of carbonyl (C=O) groups is 8. The second kappa shape index (κ2) is 39.6. The third kappa shape index (κ3) is 23.3. The number of benzene rings is 5. The first-order valence-corrected chi connectivity index (χ1v) is 46.6. The van der Waals surface area contributed by atoms with Crippen LogP contribution in [0.5, 0.6) is 0 Å². The van der Waals surface area contributed by atoms with Gasteiger partial charge in [0.15, 0.2) is 23.3 Å². The monoisotopic (exact) mass is 1930 g/mol. The quantitative estimate of drug-likeness (QED) is 0.0323. The van der Waals surface area contributed by atoms with Gasteiger partial charge in [0.25, 0.3) is 63.7 Å². The summed E-state index contributed by atoms with van der Waals surface area (Å²) in [5.74, 6) is -0.525. The van der Waals surface area contributed by atoms with E-state index in [0.717, 1.165) is 83.3 Å². The fraction of sp³-hybridized carbons (Fsp3) is 0.0658. The number of rotatable bonds is 21. The molecule has 38 nitrogen and oxygen atoms in total. The van der Waals surface area contributed by atoms with Gasteiger partial charge in [0, 0.05) is 24.0 Å². The number of nitrogens with one attached hydrogen (secondary N) is 9. The third-order valence-electron chi connectivity index (χ3n) is 16.9. The molecule has 7 aromatic heterocycles. The number of carbonyl (C=O) groups excluding carboxylic acids is 8. The average Bonchev–Trinajstić information content (AvgIpc) is 1.66. The number of nitrogens with zero attached hydrogens (tertiary/aromatic N) is 13. The summed E-state index contributed by atoms with van der Waals surface area (Å²) in [5.41, 5.74) is 8.06. The Bertz CT molecular complexity index is 6330. The van der Waals surface area contributed by atoms with E-state index in [9.17, 15) is 72.0 Å². The number of thiophene rings is 4. The smallest absolute Gasteiger partial charge is 0.334 e. The number of sulfonamides is 4. The van der Waals surface area contributed by atoms with Crippen LogP contribution in [0.15, 0.2) is 268 Å². The van der Waals surface area contributed by atoms with Gasteiger partial charge in [-0.05, 0) is 126 Å². The summed E-state index contributed by atoms with van der Waals surface area (Å²) >= 11 is 26.2. The molecule has 126 heavy (non-hydrogen) atoms. The van der Waals surface area contributed by atoms with E-state index in [1.165, 1.54) is 95.3 Å². The summed E-state index contributed by atoms with van der Waals surface area (Å²) in [6, 6.07) is 54.5. The molecule has 16 rings (SSSR count). The van der Waals surface area contributed by atoms with E-state index in [1.807, 2.05) is 141 Å². The van der Waals surface area contributed by atoms with Crippen LogP contribution in [0, 0.1) is 0 Å². The van der Waals surface area contributed by atoms with Gasteiger partial charge in [0.2, 0.25) is 0 Å². The van der Waals surface area contributed by atoms with Gasteiger partial charge >= 0.3 is 24.1 Å². The van der Waals surface area contributed by atoms with Crippen molar-refractivity contribution in [1.29, 1.82) is 0 Å². The summed E-state index contributed by atoms with van der Waals surface area (Å²) in [6.07, 6.45) is 4.37. The molecule has 0 saturated carbocycles. The van der Waals surface area contributed by atoms with Crippen LogP contribution in [-0.4, -0.2) is 136 Å². The number of halogens is 4. The van der Waals surface area contributed by atoms with Gasteiger partial charge in [-0.25, -0.2) is 91.7 Å². The van der Waals surface area contributed by atoms with Crippen molar-refractivity contribution in [3.05, 3.63) is 271 Å². The molecule has 4 aliphatic rings. The summed E-state index contributed by atoms with van der Waals surface area (Å²) in [4.78, 5) is 110. The maximum atomic E-state index is 12.5. The van der Waals surface area contributed by atoms with Crippen molar-refractivity contribution in [3.8, 4) is 0 Å². The first kappa shape index (κ1) is 90.3. The van der Waals surface area contributed by atoms with Crippen LogP contribution in [-0.2, 0) is 59.3 Å². The van der Waals surface area contributed by atoms with Crippen LogP contribution in [0.1, 0.15) is 47.9 Å². The van der Waals surface area contributed by atoms with E-state index in [-0.39, 0.29) is 108 Å². The molecule has 12 aromatic rings. The lowest BCUT2D eigenvalue weighted by Crippen LogP contribution is -2.34. The predicted molar refractivity (Wildman–Crippen MR) is 479 cm³/mol. The average molecular weight is 1930 g/mol. The largest absolute Gasteiger partial charge is 0.388 e. The van der Waals surface area contributed by atoms with Gasteiger partial charge in [-0.3, -0.25) is 35.1 Å². The standard InChI is InChI=1S/C21H18ClN5O4S2.C19H14ClN5O4S2.2C18H13ClN6O4S2/c1-23-15-4-2-3-13(11-15)17-12-19(28)27(25-17)16-7-5-14(6-8-16)24-21(29)26-33(30,31)20-10-9-18(22)32-20;20-15-7-9-18(30-15)31(28,29)24-19(27)22-16-8-6-13(11-21-16)25-17(26)10-14(23-25)12-4-2-1-3-5-12;19-13-6-9-17(30-13)31(28,29)24-18(27)20-14-7-8-15(22-21-14)25-16(26)10-12(23-25)11-4-2-1-3-5-11;19-13-6-7-17(30-13)31(28,29)24-18(27)22-14-9-21-15(10-20-14)25-16(26)8-12(23-25)11-4-2-1-3-5-11/h2-11,23H,12H2,1H3,(H2,24,26,29);1-9,11H,10H2,(H2,21,22,24,27);1-9H,10H2,(H2,20,21,24,27);1-7,9-10H,8H2,(H2,20,22,24,27). The molecule has 50 heteroatoms. The minimum Gasteiger partial charge on any atom is -0.388 e. The summed E-state index contributed by atoms with van der Waals surface area (Å²) in [5, 5.41) is 42.2. The predicted octanol–water partition coefficient (Wildman–Crippen LogP) is 13.2. The maximum Gasteiger partial charge on any atom is 0.334 e. The minimum atomic E-state index is -4.07. The van der Waals surface area contributed by atoms with E-state index in [0.29, 0.717) is 44.2 Å². The molecular formula is C76H58Cl4N22O16S8. The molecular weight excluding hydrogens is 1880 g/mol. The van der Waals surface area contributed by atoms with Crippen LogP contribution >= 0.6 is 91.8 Å². The Morgan fingerprint density at radius 3 is 1.06 bits per heavy atom. The van der Waals surface area contributed by atoms with Crippen molar-refractivity contribution < 1.29 is 72.0 Å². The molecule has 0 unspecified atom stereocenters. The SMILES string of the molecule is CNc1cccc(C2=NN(c3ccc(NC(=O)NS(=O)(=O)c4ccc(Cl)s4)cc3)C(=O)C2)c1.O=C(Nc1ccc(N2N=C(c3ccccc3)CC2=O)cn1)NS(=O)(=O)c1ccc(Cl)s1.O=C(Nc1ccc(N2N=C(c3ccccc3)CC2=O)nn1)NS(=O)(=O)c1ccc(Cl)s1.O=C(Nc1cnc(N2N=C(c3ccccc3)CC2=O)cn1)NS(=O)(=O)c1ccc(Cl)s1. The van der Waals surface area contributed by atoms with Crippen LogP contribution < -0.4 is 65.5 Å². The molecule has 12 amide bonds. The van der Waals surface area contributed by atoms with Gasteiger partial charge < -0.3 is 10.6 Å². The van der Waals surface area contributed by atoms with Crippen molar-refractivity contribution in [2.45, 2.75) is 42.5 Å². The van der Waals surface area contributed by atoms with Crippen molar-refractivity contribution in [2.75, 3.05) is 53.7 Å². The Morgan fingerprint density at radius 2 is 0.683 bits per heavy atom. The molecule has 0 radical (unpaired) electrons. The number of urea groups is 4. The normalized spacial score (nSPS) is 13.7. The number of hydrogen-bond acceptors (Lipinski definition) is 30. The Labute approximate surface area is 751 Å². The molecule has 4 aliphatic heterocycles. The van der Waals surface area contributed by atoms with Crippen molar-refractivity contribution >= 4 is 254 Å². The Morgan fingerprint density at radius 1 is 0.325 bits per heavy atom. The highest BCUT2D eigenvalue weighted by molar-refractivity contribution is 7.93. The molecule has 0 spiro atoms. The Hall–Kier alpha value is -13.4. The summed E-state index contributed by atoms with van der Waals surface area (Å²) < 4.78 is 106. The van der Waals surface area contributed by atoms with Gasteiger partial charge in [-0.1, -0.05) is 150 Å². The fourth-order valence-electron chi connectivity index (χ4n) is 11.2. The second-order valence-corrected chi connectivity index (χ2v) is 40.1. The maximum absolute atomic E-state index is 12.5. The molecule has 11 heterocycles. The number of hydrogen-bond donors (Lipinski definition) is 9. The molecule has 9 N–H and O–H groups in total. The highest BCUT2D eigenvalue weighted by atomic mass is 35.5. The van der Waals surface area contributed by atoms with Crippen LogP contribution in [0.4, 0.5) is 71.0 Å². The first-order chi connectivity index (χ1) is 60.2. The zero-order valence-electron chi connectivity index (χ0n) is 63.9. The third-order valence-corrected chi connectivity index (χ3v) is 29.1. The van der Waals surface area contributed by atoms with Crippen LogP contribution in [0.2, 0.25) is 17.3 Å². The lowest BCUT2D eigenvalue weighted by atomic mass is 10.1. The van der Waals surface area contributed by atoms with E-state index >= 15 is 0 Å². The molecule has 0 atom stereocenters. The van der Waals surface area contributed by atoms with Crippen molar-refractivity contribution in [2.24, 2.45) is 20.4 Å². The number of pyridine rings is 1. The number of aromatic nitrogens is 5. The molecule has 0 saturated heterocycles. The molecule has 0 fully saturated rings. The lowest BCUT2D eigenvalue weighted by molar-refractivity contribution is -0.117. The van der Waals surface area contributed by atoms with E-state index in [4.69, 9.17) is 46.4 Å². The zero-order valence-corrected chi connectivity index (χ0v) is 73.4. The second-order valence-electron chi connectivity index (χ2n) is 25.6. The molecule has 644 valence electrons. The van der Waals surface area contributed by atoms with Crippen molar-refractivity contribution in [3.63, 3.8) is 0 Å². The topological polar surface area (TPSA) is 508 Å². The van der Waals surface area contributed by atoms with E-state index in [1.54, 1.807) is 30.3 Å². The highest BCUT2D eigenvalue weighted by Crippen LogP contribution is 2.33. The molecule has 0 aliphatic carbocycles. The fourth-order valence-corrected chi connectivity index (χ4v) is 20.7. The molecule has 5 aromatic carbocycles. The van der Waals surface area contributed by atoms with Gasteiger partial charge in [0.1, 0.15) is 22.7 Å². The lowest BCUT2D eigenvalue weighted by Gasteiger charge is -2.13. The van der Waals surface area contributed by atoms with Crippen LogP contribution in [0.3, 0.4) is 0 Å². The first-order valence-electron chi connectivity index (χ1n) is 35.8. The zero-order chi connectivity index (χ0) is 89.6. The molecule has 0 bridgehead atoms. The van der Waals surface area contributed by atoms with Crippen molar-refractivity contribution in [1.82, 2.24) is 44.0 Å². The Kier molecular flexibility index (Phi) is 28.4. The number of amides is 12.